The zero-order valence-electron chi connectivity index (χ0n) is 21.6. The normalized spacial score (nSPS) is 20.3. The first-order valence-electron chi connectivity index (χ1n) is 13.7. The maximum absolute atomic E-state index is 13.6. The van der Waals surface area contributed by atoms with Crippen LogP contribution >= 0.6 is 0 Å². The second-order valence-electron chi connectivity index (χ2n) is 10.7. The van der Waals surface area contributed by atoms with Crippen LogP contribution in [0.15, 0.2) is 30.3 Å². The average molecular weight is 511 g/mol. The molecular formula is C29H36F2N4O2. The standard InChI is InChI=1S/C29H36F2N4O2/c1-20-5-6-26(29(37)35-15-9-25(10-16-35)33-11-3-2-4-12-33)27(32-20)21-7-13-34(14-8-21)28(36)22-17-23(30)19-24(31)18-22/h5-6,17-19,21,25H,2-4,7-16H2,1H3. The van der Waals surface area contributed by atoms with Gasteiger partial charge in [0.25, 0.3) is 11.8 Å². The van der Waals surface area contributed by atoms with Gasteiger partial charge in [0.05, 0.1) is 11.3 Å². The van der Waals surface area contributed by atoms with Gasteiger partial charge < -0.3 is 14.7 Å². The molecule has 0 saturated carbocycles. The highest BCUT2D eigenvalue weighted by Gasteiger charge is 2.32. The van der Waals surface area contributed by atoms with Crippen LogP contribution in [0, 0.1) is 18.6 Å². The molecular weight excluding hydrogens is 474 g/mol. The number of carbonyl (C=O) groups excluding carboxylic acids is 2. The van der Waals surface area contributed by atoms with Crippen molar-refractivity contribution in [1.29, 1.82) is 0 Å². The molecule has 4 heterocycles. The number of rotatable bonds is 4. The Morgan fingerprint density at radius 1 is 0.784 bits per heavy atom. The summed E-state index contributed by atoms with van der Waals surface area (Å²) in [5, 5.41) is 0. The van der Waals surface area contributed by atoms with Crippen LogP contribution in [0.3, 0.4) is 0 Å². The maximum atomic E-state index is 13.6. The van der Waals surface area contributed by atoms with Crippen molar-refractivity contribution in [2.24, 2.45) is 0 Å². The zero-order valence-corrected chi connectivity index (χ0v) is 21.6. The maximum Gasteiger partial charge on any atom is 0.255 e. The molecule has 1 aromatic heterocycles. The molecule has 3 saturated heterocycles. The lowest BCUT2D eigenvalue weighted by molar-refractivity contribution is 0.0585. The Bertz CT molecular complexity index is 1110. The van der Waals surface area contributed by atoms with E-state index in [4.69, 9.17) is 4.98 Å². The minimum Gasteiger partial charge on any atom is -0.339 e. The van der Waals surface area contributed by atoms with Gasteiger partial charge in [-0.05, 0) is 82.8 Å². The van der Waals surface area contributed by atoms with Gasteiger partial charge >= 0.3 is 0 Å². The molecule has 0 atom stereocenters. The van der Waals surface area contributed by atoms with Crippen LogP contribution in [0.4, 0.5) is 8.78 Å². The molecule has 2 amide bonds. The molecule has 3 aliphatic heterocycles. The summed E-state index contributed by atoms with van der Waals surface area (Å²) in [5.74, 6) is -1.79. The summed E-state index contributed by atoms with van der Waals surface area (Å²) in [6, 6.07) is 7.29. The summed E-state index contributed by atoms with van der Waals surface area (Å²) in [4.78, 5) is 37.5. The quantitative estimate of drug-likeness (QED) is 0.594. The lowest BCUT2D eigenvalue weighted by atomic mass is 9.89. The fourth-order valence-electron chi connectivity index (χ4n) is 6.17. The highest BCUT2D eigenvalue weighted by atomic mass is 19.1. The molecule has 6 nitrogen and oxygen atoms in total. The van der Waals surface area contributed by atoms with E-state index in [1.807, 2.05) is 24.0 Å². The van der Waals surface area contributed by atoms with E-state index in [1.165, 1.54) is 32.4 Å². The largest absolute Gasteiger partial charge is 0.339 e. The van der Waals surface area contributed by atoms with E-state index in [9.17, 15) is 18.4 Å². The smallest absolute Gasteiger partial charge is 0.255 e. The first-order chi connectivity index (χ1) is 17.9. The van der Waals surface area contributed by atoms with E-state index in [-0.39, 0.29) is 23.3 Å². The molecule has 0 spiro atoms. The Balaban J connectivity index is 1.24. The number of pyridine rings is 1. The van der Waals surface area contributed by atoms with Crippen LogP contribution in [-0.2, 0) is 0 Å². The van der Waals surface area contributed by atoms with Gasteiger partial charge in [-0.2, -0.15) is 0 Å². The van der Waals surface area contributed by atoms with Crippen LogP contribution in [0.5, 0.6) is 0 Å². The molecule has 2 aromatic rings. The number of aromatic nitrogens is 1. The van der Waals surface area contributed by atoms with E-state index in [0.29, 0.717) is 37.5 Å². The zero-order chi connectivity index (χ0) is 25.9. The third-order valence-corrected chi connectivity index (χ3v) is 8.23. The minimum absolute atomic E-state index is 0.0217. The van der Waals surface area contributed by atoms with Crippen LogP contribution in [-0.4, -0.2) is 76.8 Å². The van der Waals surface area contributed by atoms with Gasteiger partial charge in [0, 0.05) is 55.5 Å². The predicted octanol–water partition coefficient (Wildman–Crippen LogP) is 4.78. The van der Waals surface area contributed by atoms with Crippen molar-refractivity contribution in [2.45, 2.75) is 63.8 Å². The number of carbonyl (C=O) groups is 2. The fourth-order valence-corrected chi connectivity index (χ4v) is 6.17. The lowest BCUT2D eigenvalue weighted by Crippen LogP contribution is -2.48. The summed E-state index contributed by atoms with van der Waals surface area (Å²) in [7, 11) is 0. The van der Waals surface area contributed by atoms with Crippen molar-refractivity contribution < 1.29 is 18.4 Å². The second kappa shape index (κ2) is 11.3. The molecule has 198 valence electrons. The fraction of sp³-hybridized carbons (Fsp3) is 0.552. The van der Waals surface area contributed by atoms with E-state index in [1.54, 1.807) is 4.90 Å². The first-order valence-corrected chi connectivity index (χ1v) is 13.7. The molecule has 37 heavy (non-hydrogen) atoms. The Hall–Kier alpha value is -2.87. The van der Waals surface area contributed by atoms with Gasteiger partial charge in [-0.3, -0.25) is 14.6 Å². The third kappa shape index (κ3) is 5.84. The van der Waals surface area contributed by atoms with Gasteiger partial charge in [0.2, 0.25) is 0 Å². The highest BCUT2D eigenvalue weighted by molar-refractivity contribution is 5.96. The minimum atomic E-state index is -0.759. The Morgan fingerprint density at radius 2 is 1.38 bits per heavy atom. The third-order valence-electron chi connectivity index (χ3n) is 8.23. The van der Waals surface area contributed by atoms with Gasteiger partial charge in [-0.1, -0.05) is 6.42 Å². The van der Waals surface area contributed by atoms with Gasteiger partial charge in [-0.15, -0.1) is 0 Å². The van der Waals surface area contributed by atoms with Crippen molar-refractivity contribution in [1.82, 2.24) is 19.7 Å². The number of hydrogen-bond donors (Lipinski definition) is 0. The number of amides is 2. The van der Waals surface area contributed by atoms with Crippen molar-refractivity contribution >= 4 is 11.8 Å². The molecule has 0 bridgehead atoms. The molecule has 0 aliphatic carbocycles. The van der Waals surface area contributed by atoms with E-state index in [2.05, 4.69) is 4.90 Å². The molecule has 0 unspecified atom stereocenters. The average Bonchev–Trinajstić information content (AvgIpc) is 2.92. The number of aryl methyl sites for hydroxylation is 1. The number of nitrogens with zero attached hydrogens (tertiary/aromatic N) is 4. The van der Waals surface area contributed by atoms with Crippen LogP contribution in [0.1, 0.15) is 83.0 Å². The summed E-state index contributed by atoms with van der Waals surface area (Å²) in [6.07, 6.45) is 7.22. The summed E-state index contributed by atoms with van der Waals surface area (Å²) >= 11 is 0. The number of piperidine rings is 3. The number of benzene rings is 1. The summed E-state index contributed by atoms with van der Waals surface area (Å²) < 4.78 is 27.2. The monoisotopic (exact) mass is 510 g/mol. The van der Waals surface area contributed by atoms with Crippen molar-refractivity contribution in [2.75, 3.05) is 39.3 Å². The van der Waals surface area contributed by atoms with Crippen molar-refractivity contribution in [3.05, 3.63) is 64.5 Å². The highest BCUT2D eigenvalue weighted by Crippen LogP contribution is 2.31. The predicted molar refractivity (Wildman–Crippen MR) is 138 cm³/mol. The summed E-state index contributed by atoms with van der Waals surface area (Å²) in [6.45, 7) is 6.73. The SMILES string of the molecule is Cc1ccc(C(=O)N2CCC(N3CCCCC3)CC2)c(C2CCN(C(=O)c3cc(F)cc(F)c3)CC2)n1. The second-order valence-corrected chi connectivity index (χ2v) is 10.7. The Labute approximate surface area is 217 Å². The Kier molecular flexibility index (Phi) is 7.84. The molecule has 3 fully saturated rings. The number of likely N-dealkylation sites (tertiary alicyclic amines) is 3. The topological polar surface area (TPSA) is 56.8 Å². The van der Waals surface area contributed by atoms with E-state index >= 15 is 0 Å². The molecule has 3 aliphatic rings. The Morgan fingerprint density at radius 3 is 2.03 bits per heavy atom. The van der Waals surface area contributed by atoms with Crippen molar-refractivity contribution in [3.8, 4) is 0 Å². The van der Waals surface area contributed by atoms with Gasteiger partial charge in [-0.25, -0.2) is 8.78 Å². The van der Waals surface area contributed by atoms with Crippen LogP contribution < -0.4 is 0 Å². The molecule has 1 aromatic carbocycles. The lowest BCUT2D eigenvalue weighted by Gasteiger charge is -2.40. The number of halogens is 2. The van der Waals surface area contributed by atoms with Gasteiger partial charge in [0.15, 0.2) is 0 Å². The van der Waals surface area contributed by atoms with Gasteiger partial charge in [0.1, 0.15) is 11.6 Å². The van der Waals surface area contributed by atoms with E-state index in [0.717, 1.165) is 55.5 Å². The summed E-state index contributed by atoms with van der Waals surface area (Å²) in [5.41, 5.74) is 2.36. The first kappa shape index (κ1) is 25.8. The molecule has 5 rings (SSSR count). The molecule has 0 radical (unpaired) electrons. The van der Waals surface area contributed by atoms with Crippen LogP contribution in [0.2, 0.25) is 0 Å². The molecule has 0 N–H and O–H groups in total. The van der Waals surface area contributed by atoms with Crippen molar-refractivity contribution in [3.63, 3.8) is 0 Å². The molecule has 8 heteroatoms. The number of hydrogen-bond acceptors (Lipinski definition) is 4. The van der Waals surface area contributed by atoms with Crippen LogP contribution in [0.25, 0.3) is 0 Å². The van der Waals surface area contributed by atoms with E-state index < -0.39 is 11.6 Å².